The summed E-state index contributed by atoms with van der Waals surface area (Å²) in [5, 5.41) is 4.00. The third-order valence-corrected chi connectivity index (χ3v) is 7.24. The van der Waals surface area contributed by atoms with Crippen molar-refractivity contribution in [1.29, 1.82) is 0 Å². The van der Waals surface area contributed by atoms with Crippen molar-refractivity contribution in [3.05, 3.63) is 76.9 Å². The molecule has 0 bridgehead atoms. The average Bonchev–Trinajstić information content (AvgIpc) is 3.06. The van der Waals surface area contributed by atoms with Crippen LogP contribution in [0.4, 0.5) is 0 Å². The first-order valence-electron chi connectivity index (χ1n) is 10.7. The maximum atomic E-state index is 5.18. The van der Waals surface area contributed by atoms with Crippen LogP contribution in [0.15, 0.2) is 54.6 Å². The van der Waals surface area contributed by atoms with Crippen molar-refractivity contribution in [2.45, 2.75) is 41.0 Å². The molecule has 3 aromatic carbocycles. The normalized spacial score (nSPS) is 11.9. The first-order chi connectivity index (χ1) is 14.4. The molecule has 2 heterocycles. The van der Waals surface area contributed by atoms with Gasteiger partial charge in [-0.2, -0.15) is 0 Å². The molecule has 0 atom stereocenters. The van der Waals surface area contributed by atoms with Gasteiger partial charge in [-0.3, -0.25) is 0 Å². The maximum absolute atomic E-state index is 5.18. The summed E-state index contributed by atoms with van der Waals surface area (Å²) in [6, 6.07) is 20.3. The fourth-order valence-electron chi connectivity index (χ4n) is 4.57. The molecule has 0 amide bonds. The van der Waals surface area contributed by atoms with Crippen LogP contribution in [0.1, 0.15) is 36.1 Å². The molecule has 30 heavy (non-hydrogen) atoms. The van der Waals surface area contributed by atoms with Crippen molar-refractivity contribution < 1.29 is 0 Å². The minimum absolute atomic E-state index is 0.596. The number of hydrogen-bond donors (Lipinski definition) is 0. The van der Waals surface area contributed by atoms with Crippen molar-refractivity contribution in [3.8, 4) is 11.3 Å². The molecular formula is C28H27NS. The number of nitrogens with zero attached hydrogens (tertiary/aromatic N) is 1. The number of pyridine rings is 1. The molecule has 2 heteroatoms. The van der Waals surface area contributed by atoms with Gasteiger partial charge in [0.15, 0.2) is 0 Å². The molecule has 0 unspecified atom stereocenters. The Balaban J connectivity index is 1.84. The van der Waals surface area contributed by atoms with Gasteiger partial charge >= 0.3 is 0 Å². The van der Waals surface area contributed by atoms with Crippen LogP contribution < -0.4 is 0 Å². The number of fused-ring (bicyclic) bond motifs is 4. The Hall–Kier alpha value is -2.71. The van der Waals surface area contributed by atoms with Crippen LogP contribution >= 0.6 is 11.3 Å². The van der Waals surface area contributed by atoms with Crippen LogP contribution in [0, 0.1) is 26.7 Å². The summed E-state index contributed by atoms with van der Waals surface area (Å²) < 4.78 is 2.67. The zero-order valence-corrected chi connectivity index (χ0v) is 19.2. The number of rotatable bonds is 3. The van der Waals surface area contributed by atoms with E-state index in [9.17, 15) is 0 Å². The van der Waals surface area contributed by atoms with E-state index in [0.29, 0.717) is 5.92 Å². The van der Waals surface area contributed by atoms with Crippen molar-refractivity contribution in [2.75, 3.05) is 0 Å². The number of thiophene rings is 1. The molecule has 5 aromatic rings. The number of aryl methyl sites for hydroxylation is 2. The van der Waals surface area contributed by atoms with Crippen LogP contribution in [-0.2, 0) is 6.42 Å². The van der Waals surface area contributed by atoms with E-state index in [-0.39, 0.29) is 0 Å². The standard InChI is InChI=1S/C28H27NS/c1-16(2)10-20-13-25(22-12-17(3)11-18(4)19(22)5)29-26-15-28-24(14-23(20)26)21-8-6-7-9-27(21)30-28/h6-9,11-16H,10H2,1-5H3. The molecule has 0 fully saturated rings. The van der Waals surface area contributed by atoms with E-state index in [1.54, 1.807) is 0 Å². The van der Waals surface area contributed by atoms with E-state index < -0.39 is 0 Å². The molecule has 0 N–H and O–H groups in total. The van der Waals surface area contributed by atoms with Gasteiger partial charge in [0.1, 0.15) is 0 Å². The van der Waals surface area contributed by atoms with E-state index in [4.69, 9.17) is 4.98 Å². The molecule has 0 aliphatic rings. The van der Waals surface area contributed by atoms with Gasteiger partial charge in [0.2, 0.25) is 0 Å². The van der Waals surface area contributed by atoms with Gasteiger partial charge in [0.25, 0.3) is 0 Å². The highest BCUT2D eigenvalue weighted by Gasteiger charge is 2.15. The molecule has 0 saturated heterocycles. The minimum atomic E-state index is 0.596. The molecule has 5 rings (SSSR count). The number of aromatic nitrogens is 1. The van der Waals surface area contributed by atoms with E-state index in [1.165, 1.54) is 53.4 Å². The number of hydrogen-bond acceptors (Lipinski definition) is 2. The Morgan fingerprint density at radius 1 is 0.833 bits per heavy atom. The first-order valence-corrected chi connectivity index (χ1v) is 11.6. The second kappa shape index (κ2) is 7.21. The Bertz CT molecular complexity index is 1420. The van der Waals surface area contributed by atoms with Gasteiger partial charge in [-0.05, 0) is 80.1 Å². The molecular weight excluding hydrogens is 382 g/mol. The molecule has 2 aromatic heterocycles. The van der Waals surface area contributed by atoms with Crippen LogP contribution in [0.3, 0.4) is 0 Å². The van der Waals surface area contributed by atoms with Crippen LogP contribution in [0.2, 0.25) is 0 Å². The molecule has 150 valence electrons. The predicted molar refractivity (Wildman–Crippen MR) is 133 cm³/mol. The molecule has 0 aliphatic carbocycles. The highest BCUT2D eigenvalue weighted by Crippen LogP contribution is 2.38. The lowest BCUT2D eigenvalue weighted by Gasteiger charge is -2.15. The number of benzene rings is 3. The fourth-order valence-corrected chi connectivity index (χ4v) is 5.69. The topological polar surface area (TPSA) is 12.9 Å². The van der Waals surface area contributed by atoms with Gasteiger partial charge in [-0.1, -0.05) is 43.7 Å². The van der Waals surface area contributed by atoms with Crippen molar-refractivity contribution >= 4 is 42.4 Å². The van der Waals surface area contributed by atoms with E-state index >= 15 is 0 Å². The second-order valence-corrected chi connectivity index (χ2v) is 10.1. The second-order valence-electron chi connectivity index (χ2n) is 8.98. The molecule has 0 spiro atoms. The Kier molecular flexibility index (Phi) is 4.63. The van der Waals surface area contributed by atoms with Gasteiger partial charge in [0.05, 0.1) is 11.2 Å². The summed E-state index contributed by atoms with van der Waals surface area (Å²) in [6.45, 7) is 11.2. The third kappa shape index (κ3) is 3.20. The Morgan fingerprint density at radius 3 is 2.43 bits per heavy atom. The summed E-state index contributed by atoms with van der Waals surface area (Å²) in [5.74, 6) is 0.596. The maximum Gasteiger partial charge on any atom is 0.0726 e. The van der Waals surface area contributed by atoms with Crippen LogP contribution in [0.5, 0.6) is 0 Å². The Morgan fingerprint density at radius 2 is 1.63 bits per heavy atom. The molecule has 0 saturated carbocycles. The largest absolute Gasteiger partial charge is 0.248 e. The summed E-state index contributed by atoms with van der Waals surface area (Å²) in [6.07, 6.45) is 1.06. The molecule has 1 nitrogen and oxygen atoms in total. The SMILES string of the molecule is Cc1cc(C)c(C)c(-c2cc(CC(C)C)c3cc4c(cc3n2)sc2ccccc24)c1. The third-order valence-electron chi connectivity index (χ3n) is 6.11. The Labute approximate surface area is 182 Å². The van der Waals surface area contributed by atoms with E-state index in [0.717, 1.165) is 17.6 Å². The van der Waals surface area contributed by atoms with Gasteiger partial charge < -0.3 is 0 Å². The van der Waals surface area contributed by atoms with E-state index in [2.05, 4.69) is 89.2 Å². The predicted octanol–water partition coefficient (Wildman–Crippen LogP) is 8.39. The zero-order chi connectivity index (χ0) is 21.0. The smallest absolute Gasteiger partial charge is 0.0726 e. The van der Waals surface area contributed by atoms with Gasteiger partial charge in [-0.25, -0.2) is 4.98 Å². The van der Waals surface area contributed by atoms with Crippen molar-refractivity contribution in [2.24, 2.45) is 5.92 Å². The quantitative estimate of drug-likeness (QED) is 0.291. The van der Waals surface area contributed by atoms with Crippen molar-refractivity contribution in [3.63, 3.8) is 0 Å². The van der Waals surface area contributed by atoms with Crippen LogP contribution in [-0.4, -0.2) is 4.98 Å². The summed E-state index contributed by atoms with van der Waals surface area (Å²) in [4.78, 5) is 5.18. The van der Waals surface area contributed by atoms with Gasteiger partial charge in [0, 0.05) is 31.1 Å². The zero-order valence-electron chi connectivity index (χ0n) is 18.3. The lowest BCUT2D eigenvalue weighted by atomic mass is 9.93. The summed E-state index contributed by atoms with van der Waals surface area (Å²) >= 11 is 1.87. The van der Waals surface area contributed by atoms with Crippen molar-refractivity contribution in [1.82, 2.24) is 4.98 Å². The average molecular weight is 410 g/mol. The van der Waals surface area contributed by atoms with E-state index in [1.807, 2.05) is 11.3 Å². The lowest BCUT2D eigenvalue weighted by Crippen LogP contribution is -1.99. The summed E-state index contributed by atoms with van der Waals surface area (Å²) in [7, 11) is 0. The lowest BCUT2D eigenvalue weighted by molar-refractivity contribution is 0.650. The molecule has 0 aliphatic heterocycles. The first kappa shape index (κ1) is 19.3. The highest BCUT2D eigenvalue weighted by atomic mass is 32.1. The monoisotopic (exact) mass is 409 g/mol. The highest BCUT2D eigenvalue weighted by molar-refractivity contribution is 7.25. The fraction of sp³-hybridized carbons (Fsp3) is 0.250. The molecule has 0 radical (unpaired) electrons. The summed E-state index contributed by atoms with van der Waals surface area (Å²) in [5.41, 5.74) is 8.82. The minimum Gasteiger partial charge on any atom is -0.248 e. The van der Waals surface area contributed by atoms with Gasteiger partial charge in [-0.15, -0.1) is 11.3 Å². The van der Waals surface area contributed by atoms with Crippen LogP contribution in [0.25, 0.3) is 42.3 Å².